The van der Waals surface area contributed by atoms with E-state index in [1.54, 1.807) is 0 Å². The van der Waals surface area contributed by atoms with Crippen LogP contribution in [-0.2, 0) is 0 Å². The highest BCUT2D eigenvalue weighted by Gasteiger charge is 2.06. The highest BCUT2D eigenvalue weighted by molar-refractivity contribution is 6.07. The first kappa shape index (κ1) is 17.1. The predicted molar refractivity (Wildman–Crippen MR) is 113 cm³/mol. The smallest absolute Gasteiger partial charge is 0.0420 e. The zero-order chi connectivity index (χ0) is 17.6. The molecule has 3 aromatic carbocycles. The van der Waals surface area contributed by atoms with E-state index in [-0.39, 0.29) is 0 Å². The fraction of sp³-hybridized carbons (Fsp3) is 0.364. The Labute approximate surface area is 155 Å². The molecule has 4 heteroatoms. The summed E-state index contributed by atoms with van der Waals surface area (Å²) in [5.74, 6) is 0. The first-order chi connectivity index (χ1) is 12.9. The molecule has 4 nitrogen and oxygen atoms in total. The highest BCUT2D eigenvalue weighted by Crippen LogP contribution is 2.32. The van der Waals surface area contributed by atoms with Gasteiger partial charge in [-0.3, -0.25) is 0 Å². The summed E-state index contributed by atoms with van der Waals surface area (Å²) >= 11 is 0. The lowest BCUT2D eigenvalue weighted by molar-refractivity contribution is 0.595. The molecule has 0 spiro atoms. The van der Waals surface area contributed by atoms with Gasteiger partial charge in [0.05, 0.1) is 0 Å². The molecule has 0 aliphatic carbocycles. The minimum Gasteiger partial charge on any atom is -0.384 e. The van der Waals surface area contributed by atoms with Crippen molar-refractivity contribution >= 4 is 32.9 Å². The molecule has 0 saturated carbocycles. The van der Waals surface area contributed by atoms with Crippen LogP contribution in [-0.4, -0.2) is 39.3 Å². The van der Waals surface area contributed by atoms with Crippen LogP contribution in [0.25, 0.3) is 21.5 Å². The standard InChI is InChI=1S/C22H28N4/c1-5-17-15-18-6-2-8-22-20(18)16-19(17)21(7-1)25-11-3-9-23-13-14-24-10-4-12-26-22/h1-2,5-8,15-16,23-26H,3-4,9-14H2. The summed E-state index contributed by atoms with van der Waals surface area (Å²) in [6.07, 6.45) is 2.24. The van der Waals surface area contributed by atoms with Crippen LogP contribution in [0.2, 0.25) is 0 Å². The van der Waals surface area contributed by atoms with Crippen molar-refractivity contribution in [3.8, 4) is 0 Å². The lowest BCUT2D eigenvalue weighted by Crippen LogP contribution is -2.29. The number of hydrogen-bond acceptors (Lipinski definition) is 4. The van der Waals surface area contributed by atoms with Crippen molar-refractivity contribution < 1.29 is 0 Å². The van der Waals surface area contributed by atoms with Crippen molar-refractivity contribution in [1.29, 1.82) is 0 Å². The summed E-state index contributed by atoms with van der Waals surface area (Å²) in [5.41, 5.74) is 2.45. The Morgan fingerprint density at radius 2 is 1.08 bits per heavy atom. The van der Waals surface area contributed by atoms with Gasteiger partial charge < -0.3 is 21.3 Å². The third-order valence-corrected chi connectivity index (χ3v) is 5.05. The molecule has 2 bridgehead atoms. The molecule has 0 unspecified atom stereocenters. The van der Waals surface area contributed by atoms with E-state index in [1.807, 2.05) is 0 Å². The molecule has 0 amide bonds. The van der Waals surface area contributed by atoms with Crippen LogP contribution >= 0.6 is 0 Å². The third kappa shape index (κ3) is 3.92. The fourth-order valence-electron chi connectivity index (χ4n) is 3.66. The zero-order valence-corrected chi connectivity index (χ0v) is 15.3. The van der Waals surface area contributed by atoms with E-state index < -0.39 is 0 Å². The number of hydrogen-bond donors (Lipinski definition) is 4. The van der Waals surface area contributed by atoms with E-state index in [0.29, 0.717) is 0 Å². The Morgan fingerprint density at radius 3 is 1.62 bits per heavy atom. The van der Waals surface area contributed by atoms with Crippen molar-refractivity contribution in [2.24, 2.45) is 0 Å². The number of anilines is 2. The normalized spacial score (nSPS) is 17.1. The Bertz CT molecular complexity index is 806. The highest BCUT2D eigenvalue weighted by atomic mass is 15.0. The van der Waals surface area contributed by atoms with Crippen molar-refractivity contribution in [3.63, 3.8) is 0 Å². The lowest BCUT2D eigenvalue weighted by atomic mass is 10.0. The Morgan fingerprint density at radius 1 is 0.538 bits per heavy atom. The van der Waals surface area contributed by atoms with Gasteiger partial charge in [0.15, 0.2) is 0 Å². The van der Waals surface area contributed by atoms with Gasteiger partial charge in [0.2, 0.25) is 0 Å². The van der Waals surface area contributed by atoms with Gasteiger partial charge in [0, 0.05) is 48.3 Å². The second-order valence-electron chi connectivity index (χ2n) is 6.97. The maximum Gasteiger partial charge on any atom is 0.0420 e. The van der Waals surface area contributed by atoms with E-state index >= 15 is 0 Å². The quantitative estimate of drug-likeness (QED) is 0.467. The molecule has 0 fully saturated rings. The molecule has 3 aromatic rings. The summed E-state index contributed by atoms with van der Waals surface area (Å²) in [7, 11) is 0. The summed E-state index contributed by atoms with van der Waals surface area (Å²) in [5, 5.41) is 19.5. The molecule has 0 radical (unpaired) electrons. The maximum absolute atomic E-state index is 3.63. The van der Waals surface area contributed by atoms with Crippen LogP contribution in [0.3, 0.4) is 0 Å². The Kier molecular flexibility index (Phi) is 5.53. The summed E-state index contributed by atoms with van der Waals surface area (Å²) in [6, 6.07) is 17.7. The second kappa shape index (κ2) is 8.39. The summed E-state index contributed by atoms with van der Waals surface area (Å²) in [4.78, 5) is 0. The number of nitrogens with one attached hydrogen (secondary N) is 4. The van der Waals surface area contributed by atoms with Crippen LogP contribution in [0.4, 0.5) is 11.4 Å². The molecule has 1 heterocycles. The third-order valence-electron chi connectivity index (χ3n) is 5.05. The lowest BCUT2D eigenvalue weighted by Gasteiger charge is -2.13. The van der Waals surface area contributed by atoms with Gasteiger partial charge in [-0.15, -0.1) is 0 Å². The molecule has 0 aromatic heterocycles. The molecule has 0 atom stereocenters. The maximum atomic E-state index is 3.63. The van der Waals surface area contributed by atoms with E-state index in [9.17, 15) is 0 Å². The van der Waals surface area contributed by atoms with Gasteiger partial charge in [0.25, 0.3) is 0 Å². The van der Waals surface area contributed by atoms with Gasteiger partial charge in [0.1, 0.15) is 0 Å². The van der Waals surface area contributed by atoms with Crippen LogP contribution in [0.15, 0.2) is 48.5 Å². The molecule has 4 N–H and O–H groups in total. The SMILES string of the molecule is c1cc2c3cc4c(cccc4cc3c1)NCCCNCCNCCCN2. The van der Waals surface area contributed by atoms with E-state index in [1.165, 1.54) is 32.9 Å². The summed E-state index contributed by atoms with van der Waals surface area (Å²) in [6.45, 7) is 6.13. The van der Waals surface area contributed by atoms with Gasteiger partial charge in [-0.1, -0.05) is 24.3 Å². The van der Waals surface area contributed by atoms with Crippen LogP contribution in [0.5, 0.6) is 0 Å². The van der Waals surface area contributed by atoms with E-state index in [2.05, 4.69) is 69.8 Å². The number of rotatable bonds is 0. The van der Waals surface area contributed by atoms with Gasteiger partial charge in [-0.2, -0.15) is 0 Å². The zero-order valence-electron chi connectivity index (χ0n) is 15.3. The Hall–Kier alpha value is -2.30. The van der Waals surface area contributed by atoms with Gasteiger partial charge >= 0.3 is 0 Å². The molecule has 1 aliphatic rings. The molecular formula is C22H28N4. The first-order valence-electron chi connectivity index (χ1n) is 9.76. The second-order valence-corrected chi connectivity index (χ2v) is 6.97. The van der Waals surface area contributed by atoms with E-state index in [0.717, 1.165) is 52.1 Å². The summed E-state index contributed by atoms with van der Waals surface area (Å²) < 4.78 is 0. The molecule has 26 heavy (non-hydrogen) atoms. The molecule has 1 aliphatic heterocycles. The van der Waals surface area contributed by atoms with Crippen molar-refractivity contribution in [1.82, 2.24) is 10.6 Å². The van der Waals surface area contributed by atoms with Crippen molar-refractivity contribution in [2.45, 2.75) is 12.8 Å². The minimum absolute atomic E-state index is 0.984. The van der Waals surface area contributed by atoms with E-state index in [4.69, 9.17) is 0 Å². The molecule has 0 saturated heterocycles. The minimum atomic E-state index is 0.984. The number of benzene rings is 3. The predicted octanol–water partition coefficient (Wildman–Crippen LogP) is 3.79. The Balaban J connectivity index is 1.70. The monoisotopic (exact) mass is 348 g/mol. The molecule has 136 valence electrons. The molecule has 4 rings (SSSR count). The van der Waals surface area contributed by atoms with Gasteiger partial charge in [-0.25, -0.2) is 0 Å². The largest absolute Gasteiger partial charge is 0.384 e. The van der Waals surface area contributed by atoms with Crippen LogP contribution in [0.1, 0.15) is 12.8 Å². The average Bonchev–Trinajstić information content (AvgIpc) is 2.67. The fourth-order valence-corrected chi connectivity index (χ4v) is 3.66. The average molecular weight is 348 g/mol. The van der Waals surface area contributed by atoms with Gasteiger partial charge in [-0.05, 0) is 61.0 Å². The van der Waals surface area contributed by atoms with Crippen LogP contribution in [0, 0.1) is 0 Å². The van der Waals surface area contributed by atoms with Crippen LogP contribution < -0.4 is 21.3 Å². The first-order valence-corrected chi connectivity index (χ1v) is 9.76. The van der Waals surface area contributed by atoms with Crippen molar-refractivity contribution in [2.75, 3.05) is 49.9 Å². The van der Waals surface area contributed by atoms with Crippen molar-refractivity contribution in [3.05, 3.63) is 48.5 Å². The topological polar surface area (TPSA) is 48.1 Å². The molecular weight excluding hydrogens is 320 g/mol.